The van der Waals surface area contributed by atoms with Gasteiger partial charge in [0.1, 0.15) is 5.71 Å². The molecule has 2 aromatic rings. The minimum Gasteiger partial charge on any atom is -0.870 e. The van der Waals surface area contributed by atoms with E-state index in [1.54, 1.807) is 0 Å². The van der Waals surface area contributed by atoms with Crippen molar-refractivity contribution in [3.63, 3.8) is 0 Å². The molecule has 0 spiro atoms. The van der Waals surface area contributed by atoms with Gasteiger partial charge in [0.15, 0.2) is 0 Å². The molecule has 34 heavy (non-hydrogen) atoms. The van der Waals surface area contributed by atoms with Crippen LogP contribution in [-0.4, -0.2) is 62.6 Å². The Hall–Kier alpha value is -0.843. The molecule has 3 rings (SSSR count). The molecule has 0 saturated heterocycles. The molecule has 0 radical (unpaired) electrons. The Morgan fingerprint density at radius 1 is 0.912 bits per heavy atom. The van der Waals surface area contributed by atoms with E-state index in [2.05, 4.69) is 55.2 Å². The van der Waals surface area contributed by atoms with Gasteiger partial charge in [-0.25, -0.2) is 5.10 Å². The van der Waals surface area contributed by atoms with Gasteiger partial charge >= 0.3 is 57.8 Å². The molecular formula is C18H29Cl3N6Ni2O5-5. The van der Waals surface area contributed by atoms with Gasteiger partial charge in [-0.05, 0) is 26.7 Å². The number of hydrazone groups is 1. The van der Waals surface area contributed by atoms with Gasteiger partial charge in [-0.2, -0.15) is 0 Å². The van der Waals surface area contributed by atoms with Crippen LogP contribution in [0.5, 0.6) is 0 Å². The van der Waals surface area contributed by atoms with E-state index in [0.29, 0.717) is 18.6 Å². The molecule has 0 amide bonds. The van der Waals surface area contributed by atoms with Gasteiger partial charge in [0.05, 0.1) is 11.4 Å². The van der Waals surface area contributed by atoms with Crippen LogP contribution in [0.25, 0.3) is 11.0 Å². The van der Waals surface area contributed by atoms with Crippen molar-refractivity contribution >= 4 is 64.7 Å². The van der Waals surface area contributed by atoms with E-state index in [1.165, 1.54) is 12.8 Å². The van der Waals surface area contributed by atoms with Crippen molar-refractivity contribution in [1.29, 1.82) is 0 Å². The van der Waals surface area contributed by atoms with Gasteiger partial charge in [0.25, 0.3) is 0 Å². The summed E-state index contributed by atoms with van der Waals surface area (Å²) in [5.41, 5.74) is 7.28. The number of halogens is 3. The Labute approximate surface area is 225 Å². The normalized spacial score (nSPS) is 12.9. The first-order chi connectivity index (χ1) is 14.2. The predicted molar refractivity (Wildman–Crippen MR) is 129 cm³/mol. The van der Waals surface area contributed by atoms with E-state index in [9.17, 15) is 0 Å². The quantitative estimate of drug-likeness (QED) is 0.377. The summed E-state index contributed by atoms with van der Waals surface area (Å²) in [7, 11) is 13.7. The third kappa shape index (κ3) is 15.9. The van der Waals surface area contributed by atoms with Crippen LogP contribution in [0.3, 0.4) is 0 Å². The maximum Gasteiger partial charge on any atom is -0.870 e. The Balaban J connectivity index is -0.000000261. The van der Waals surface area contributed by atoms with E-state index < -0.39 is 0 Å². The van der Waals surface area contributed by atoms with E-state index >= 15 is 0 Å². The smallest absolute Gasteiger partial charge is 0.870 e. The molecule has 0 unspecified atom stereocenters. The van der Waals surface area contributed by atoms with Crippen LogP contribution >= 0.6 is 30.6 Å². The summed E-state index contributed by atoms with van der Waals surface area (Å²) in [6.07, 6.45) is 4.66. The summed E-state index contributed by atoms with van der Waals surface area (Å²) in [6.45, 7) is 5.66. The number of para-hydroxylation sites is 2. The number of aliphatic imine (C=N–C) groups is 2. The Morgan fingerprint density at radius 3 is 1.85 bits per heavy atom. The first-order valence-electron chi connectivity index (χ1n) is 8.86. The third-order valence-electron chi connectivity index (χ3n) is 4.05. The molecule has 0 bridgehead atoms. The number of nitrogens with zero attached hydrogens (tertiary/aromatic N) is 5. The maximum absolute atomic E-state index is 4.70. The zero-order valence-electron chi connectivity index (χ0n) is 18.3. The molecule has 1 aliphatic heterocycles. The Bertz CT molecular complexity index is 784. The molecule has 0 saturated carbocycles. The summed E-state index contributed by atoms with van der Waals surface area (Å²) in [5, 5.41) is 4.50. The molecule has 0 aliphatic carbocycles. The number of anilines is 1. The predicted octanol–water partition coefficient (Wildman–Crippen LogP) is 3.99. The van der Waals surface area contributed by atoms with Gasteiger partial charge in [0.2, 0.25) is 0 Å². The minimum atomic E-state index is 0. The fraction of sp³-hybridized carbons (Fsp3) is 0.444. The molecule has 207 valence electrons. The van der Waals surface area contributed by atoms with Gasteiger partial charge in [-0.1, -0.05) is 37.1 Å². The SMILES string of the molecule is CC1=NCCCCCCN=C(C)C1=NNc1nc2ccccc2[n-]1.O.[Cl][Ni].[Cl][Ni][Cl].[OH-].[OH-].[OH-].[OH-]. The minimum absolute atomic E-state index is 0. The molecule has 11 nitrogen and oxygen atoms in total. The van der Waals surface area contributed by atoms with Crippen molar-refractivity contribution in [3.05, 3.63) is 24.3 Å². The van der Waals surface area contributed by atoms with Gasteiger partial charge in [-0.3, -0.25) is 9.98 Å². The number of hydrogen-bond donors (Lipinski definition) is 1. The van der Waals surface area contributed by atoms with Crippen molar-refractivity contribution in [3.8, 4) is 0 Å². The second-order valence-electron chi connectivity index (χ2n) is 6.00. The Morgan fingerprint density at radius 2 is 1.38 bits per heavy atom. The topological polar surface area (TPSA) is 228 Å². The summed E-state index contributed by atoms with van der Waals surface area (Å²) in [4.78, 5) is 18.1. The van der Waals surface area contributed by atoms with E-state index in [1.807, 2.05) is 38.1 Å². The fourth-order valence-corrected chi connectivity index (χ4v) is 2.71. The fourth-order valence-electron chi connectivity index (χ4n) is 2.71. The molecule has 7 N–H and O–H groups in total. The molecule has 1 aromatic carbocycles. The molecule has 2 heterocycles. The van der Waals surface area contributed by atoms with Crippen LogP contribution < -0.4 is 10.4 Å². The number of fused-ring (bicyclic) bond motifs is 1. The van der Waals surface area contributed by atoms with Crippen molar-refractivity contribution < 1.29 is 54.6 Å². The van der Waals surface area contributed by atoms with Gasteiger partial charge in [-0.15, -0.1) is 0 Å². The number of hydrogen-bond acceptors (Lipinski definition) is 9. The first-order valence-corrected chi connectivity index (χ1v) is 12.9. The number of nitrogens with one attached hydrogen (secondary N) is 1. The standard InChI is InChI=1S/C18H23N6.3ClH.2Ni.5H2O/c1-13-17(14(2)20-12-8-4-3-7-11-19-13)23-24-18-21-15-9-5-6-10-16(15)22-18;;;;;;;;;;/h5-6,9-10H,3-4,7-8,11-12H2,1-2H3,(H-,21,22,24);3*1H;;;5*1H2/q-1;;;;+1;+2;;;;;/p-7. The molecule has 0 fully saturated rings. The van der Waals surface area contributed by atoms with Gasteiger partial charge < -0.3 is 42.8 Å². The Kier molecular flexibility index (Phi) is 34.0. The average Bonchev–Trinajstić information content (AvgIpc) is 3.13. The second kappa shape index (κ2) is 26.8. The number of benzene rings is 1. The van der Waals surface area contributed by atoms with Crippen LogP contribution in [0.1, 0.15) is 39.5 Å². The van der Waals surface area contributed by atoms with E-state index in [4.69, 9.17) is 20.4 Å². The van der Waals surface area contributed by atoms with Crippen LogP contribution in [0.4, 0.5) is 5.95 Å². The van der Waals surface area contributed by atoms with Crippen LogP contribution in [0.2, 0.25) is 0 Å². The second-order valence-corrected chi connectivity index (χ2v) is 7.63. The summed E-state index contributed by atoms with van der Waals surface area (Å²) in [6, 6.07) is 7.77. The molecular weight excluding hydrogens is 604 g/mol. The largest absolute Gasteiger partial charge is 0.870 e. The van der Waals surface area contributed by atoms with Crippen LogP contribution in [-0.2, 0) is 27.2 Å². The van der Waals surface area contributed by atoms with Gasteiger partial charge in [0, 0.05) is 30.1 Å². The molecule has 1 aromatic heterocycles. The number of aromatic nitrogens is 2. The van der Waals surface area contributed by atoms with Crippen LogP contribution in [0.15, 0.2) is 39.4 Å². The average molecular weight is 633 g/mol. The molecule has 0 atom stereocenters. The molecule has 1 aliphatic rings. The summed E-state index contributed by atoms with van der Waals surface area (Å²) < 4.78 is 0. The number of rotatable bonds is 2. The third-order valence-corrected chi connectivity index (χ3v) is 4.05. The van der Waals surface area contributed by atoms with E-state index in [0.717, 1.165) is 54.1 Å². The first kappa shape index (κ1) is 43.2. The van der Waals surface area contributed by atoms with E-state index in [-0.39, 0.29) is 27.4 Å². The van der Waals surface area contributed by atoms with Crippen LogP contribution in [0, 0.1) is 0 Å². The van der Waals surface area contributed by atoms with Crippen molar-refractivity contribution in [2.24, 2.45) is 15.1 Å². The van der Waals surface area contributed by atoms with Crippen molar-refractivity contribution in [2.75, 3.05) is 18.5 Å². The summed E-state index contributed by atoms with van der Waals surface area (Å²) >= 11 is 3.92. The number of imidazole rings is 1. The monoisotopic (exact) mass is 630 g/mol. The van der Waals surface area contributed by atoms with Crippen molar-refractivity contribution in [2.45, 2.75) is 39.5 Å². The maximum atomic E-state index is 4.70. The van der Waals surface area contributed by atoms with Crippen molar-refractivity contribution in [1.82, 2.24) is 9.97 Å². The zero-order chi connectivity index (χ0) is 21.5. The zero-order valence-corrected chi connectivity index (χ0v) is 22.6. The summed E-state index contributed by atoms with van der Waals surface area (Å²) in [5.74, 6) is 0.499. The molecule has 16 heteroatoms.